The third kappa shape index (κ3) is 9.01. The number of rotatable bonds is 12. The van der Waals surface area contributed by atoms with Crippen molar-refractivity contribution in [3.05, 3.63) is 37.7 Å². The van der Waals surface area contributed by atoms with Gasteiger partial charge in [0.25, 0.3) is 0 Å². The van der Waals surface area contributed by atoms with Gasteiger partial charge >= 0.3 is 0 Å². The van der Waals surface area contributed by atoms with Crippen LogP contribution in [0.1, 0.15) is 63.9 Å². The molecule has 0 spiro atoms. The van der Waals surface area contributed by atoms with Crippen LogP contribution in [0.3, 0.4) is 0 Å². The van der Waals surface area contributed by atoms with Crippen molar-refractivity contribution >= 4 is 52.6 Å². The fourth-order valence-corrected chi connectivity index (χ4v) is 4.25. The number of halogens is 3. The van der Waals surface area contributed by atoms with Gasteiger partial charge in [0.05, 0.1) is 16.7 Å². The van der Waals surface area contributed by atoms with Gasteiger partial charge in [0.15, 0.2) is 0 Å². The van der Waals surface area contributed by atoms with E-state index in [0.717, 1.165) is 22.6 Å². The molecule has 136 valence electrons. The van der Waals surface area contributed by atoms with E-state index in [2.05, 4.69) is 6.92 Å². The summed E-state index contributed by atoms with van der Waals surface area (Å²) in [6.07, 6.45) is 12.3. The zero-order valence-corrected chi connectivity index (χ0v) is 17.4. The SMILES string of the molecule is CCCCCCCCCCSC(=Cc1c(Cl)cc(Cl)cc1Cl)CO. The molecule has 1 nitrogen and oxygen atoms in total. The fraction of sp³-hybridized carbons (Fsp3) is 0.579. The molecule has 0 atom stereocenters. The highest BCUT2D eigenvalue weighted by Crippen LogP contribution is 2.32. The number of hydrogen-bond donors (Lipinski definition) is 1. The lowest BCUT2D eigenvalue weighted by atomic mass is 10.1. The van der Waals surface area contributed by atoms with E-state index in [1.54, 1.807) is 23.9 Å². The summed E-state index contributed by atoms with van der Waals surface area (Å²) in [6.45, 7) is 2.24. The first-order chi connectivity index (χ1) is 11.6. The molecule has 0 aromatic heterocycles. The van der Waals surface area contributed by atoms with Crippen molar-refractivity contribution in [3.63, 3.8) is 0 Å². The standard InChI is InChI=1S/C19H27Cl3OS/c1-2-3-4-5-6-7-8-9-10-24-16(14-23)13-17-18(21)11-15(20)12-19(17)22/h11-13,23H,2-10,14H2,1H3. The van der Waals surface area contributed by atoms with E-state index >= 15 is 0 Å². The summed E-state index contributed by atoms with van der Waals surface area (Å²) in [7, 11) is 0. The molecular weight excluding hydrogens is 383 g/mol. The number of hydrogen-bond acceptors (Lipinski definition) is 2. The Hall–Kier alpha value is 0.140. The highest BCUT2D eigenvalue weighted by molar-refractivity contribution is 8.03. The Morgan fingerprint density at radius 1 is 0.958 bits per heavy atom. The van der Waals surface area contributed by atoms with Crippen LogP contribution in [0, 0.1) is 0 Å². The number of thioether (sulfide) groups is 1. The summed E-state index contributed by atoms with van der Waals surface area (Å²) in [6, 6.07) is 3.33. The van der Waals surface area contributed by atoms with E-state index in [0.29, 0.717) is 15.1 Å². The van der Waals surface area contributed by atoms with E-state index in [4.69, 9.17) is 34.8 Å². The van der Waals surface area contributed by atoms with Gasteiger partial charge in [-0.2, -0.15) is 0 Å². The third-order valence-electron chi connectivity index (χ3n) is 3.79. The normalized spacial score (nSPS) is 12.0. The molecule has 0 radical (unpaired) electrons. The Bertz CT molecular complexity index is 494. The molecule has 0 aliphatic heterocycles. The minimum Gasteiger partial charge on any atom is -0.391 e. The van der Waals surface area contributed by atoms with Crippen LogP contribution >= 0.6 is 46.6 Å². The average molecular weight is 410 g/mol. The highest BCUT2D eigenvalue weighted by Gasteiger charge is 2.07. The smallest absolute Gasteiger partial charge is 0.0740 e. The van der Waals surface area contributed by atoms with Crippen molar-refractivity contribution in [2.45, 2.75) is 58.3 Å². The predicted octanol–water partition coefficient (Wildman–Crippen LogP) is 7.85. The summed E-state index contributed by atoms with van der Waals surface area (Å²) in [5.41, 5.74) is 0.718. The van der Waals surface area contributed by atoms with Crippen molar-refractivity contribution in [1.82, 2.24) is 0 Å². The van der Waals surface area contributed by atoms with Gasteiger partial charge in [0.2, 0.25) is 0 Å². The lowest BCUT2D eigenvalue weighted by molar-refractivity contribution is 0.340. The topological polar surface area (TPSA) is 20.2 Å². The maximum Gasteiger partial charge on any atom is 0.0740 e. The maximum atomic E-state index is 9.55. The molecule has 0 aliphatic rings. The second kappa shape index (κ2) is 13.4. The maximum absolute atomic E-state index is 9.55. The molecule has 0 aliphatic carbocycles. The molecule has 5 heteroatoms. The molecule has 1 aromatic carbocycles. The third-order valence-corrected chi connectivity index (χ3v) is 5.74. The number of aliphatic hydroxyl groups excluding tert-OH is 1. The second-order valence-corrected chi connectivity index (χ2v) is 8.35. The fourth-order valence-electron chi connectivity index (χ4n) is 2.42. The molecule has 0 saturated heterocycles. The van der Waals surface area contributed by atoms with Gasteiger partial charge in [-0.15, -0.1) is 11.8 Å². The van der Waals surface area contributed by atoms with Crippen molar-refractivity contribution in [2.75, 3.05) is 12.4 Å². The van der Waals surface area contributed by atoms with Gasteiger partial charge in [0.1, 0.15) is 0 Å². The Kier molecular flexibility index (Phi) is 12.3. The first kappa shape index (κ1) is 22.2. The monoisotopic (exact) mass is 408 g/mol. The molecule has 0 bridgehead atoms. The predicted molar refractivity (Wildman–Crippen MR) is 112 cm³/mol. The highest BCUT2D eigenvalue weighted by atomic mass is 35.5. The van der Waals surface area contributed by atoms with Crippen LogP contribution in [0.25, 0.3) is 6.08 Å². The lowest BCUT2D eigenvalue weighted by Crippen LogP contribution is -1.90. The Morgan fingerprint density at radius 2 is 1.50 bits per heavy atom. The number of unbranched alkanes of at least 4 members (excludes halogenated alkanes) is 7. The van der Waals surface area contributed by atoms with Gasteiger partial charge < -0.3 is 5.11 Å². The van der Waals surface area contributed by atoms with Crippen molar-refractivity contribution in [2.24, 2.45) is 0 Å². The van der Waals surface area contributed by atoms with E-state index < -0.39 is 0 Å². The largest absolute Gasteiger partial charge is 0.391 e. The van der Waals surface area contributed by atoms with Gasteiger partial charge in [-0.05, 0) is 30.4 Å². The van der Waals surface area contributed by atoms with Crippen LogP contribution in [0.4, 0.5) is 0 Å². The summed E-state index contributed by atoms with van der Waals surface area (Å²) < 4.78 is 0. The summed E-state index contributed by atoms with van der Waals surface area (Å²) in [5, 5.41) is 11.1. The molecule has 0 amide bonds. The van der Waals surface area contributed by atoms with E-state index in [-0.39, 0.29) is 6.61 Å². The quantitative estimate of drug-likeness (QED) is 0.354. The summed E-state index contributed by atoms with van der Waals surface area (Å²) in [5.74, 6) is 1.00. The van der Waals surface area contributed by atoms with Crippen molar-refractivity contribution < 1.29 is 5.11 Å². The van der Waals surface area contributed by atoms with Gasteiger partial charge in [0, 0.05) is 15.5 Å². The van der Waals surface area contributed by atoms with Crippen molar-refractivity contribution in [3.8, 4) is 0 Å². The lowest BCUT2D eigenvalue weighted by Gasteiger charge is -2.08. The Balaban J connectivity index is 2.35. The molecule has 0 fully saturated rings. The molecule has 0 saturated carbocycles. The number of aliphatic hydroxyl groups is 1. The first-order valence-electron chi connectivity index (χ1n) is 8.67. The Morgan fingerprint density at radius 3 is 2.04 bits per heavy atom. The van der Waals surface area contributed by atoms with Crippen LogP contribution in [-0.4, -0.2) is 17.5 Å². The van der Waals surface area contributed by atoms with Crippen LogP contribution in [0.2, 0.25) is 15.1 Å². The average Bonchev–Trinajstić information content (AvgIpc) is 2.54. The second-order valence-electron chi connectivity index (χ2n) is 5.88. The van der Waals surface area contributed by atoms with E-state index in [9.17, 15) is 5.11 Å². The number of benzene rings is 1. The van der Waals surface area contributed by atoms with Crippen LogP contribution < -0.4 is 0 Å². The first-order valence-corrected chi connectivity index (χ1v) is 10.8. The van der Waals surface area contributed by atoms with Crippen LogP contribution in [0.5, 0.6) is 0 Å². The van der Waals surface area contributed by atoms with E-state index in [1.807, 2.05) is 6.08 Å². The molecule has 1 aromatic rings. The zero-order chi connectivity index (χ0) is 17.8. The minimum atomic E-state index is -0.00301. The molecule has 1 rings (SSSR count). The van der Waals surface area contributed by atoms with Crippen molar-refractivity contribution in [1.29, 1.82) is 0 Å². The molecule has 1 N–H and O–H groups in total. The zero-order valence-electron chi connectivity index (χ0n) is 14.3. The van der Waals surface area contributed by atoms with Gasteiger partial charge in [-0.1, -0.05) is 86.7 Å². The summed E-state index contributed by atoms with van der Waals surface area (Å²) >= 11 is 20.0. The van der Waals surface area contributed by atoms with Gasteiger partial charge in [-0.25, -0.2) is 0 Å². The summed E-state index contributed by atoms with van der Waals surface area (Å²) in [4.78, 5) is 0.879. The molecule has 0 unspecified atom stereocenters. The van der Waals surface area contributed by atoms with E-state index in [1.165, 1.54) is 44.9 Å². The minimum absolute atomic E-state index is 0.00301. The van der Waals surface area contributed by atoms with Gasteiger partial charge in [-0.3, -0.25) is 0 Å². The molecular formula is C19H27Cl3OS. The van der Waals surface area contributed by atoms with Crippen LogP contribution in [0.15, 0.2) is 17.0 Å². The van der Waals surface area contributed by atoms with Crippen LogP contribution in [-0.2, 0) is 0 Å². The Labute approximate surface area is 165 Å². The molecule has 24 heavy (non-hydrogen) atoms. The molecule has 0 heterocycles.